The fourth-order valence-electron chi connectivity index (χ4n) is 2.31. The summed E-state index contributed by atoms with van der Waals surface area (Å²) in [5, 5.41) is 0. The summed E-state index contributed by atoms with van der Waals surface area (Å²) in [6.07, 6.45) is 1.23. The third kappa shape index (κ3) is 2.88. The molecule has 0 aromatic carbocycles. The normalized spacial score (nSPS) is 17.4. The van der Waals surface area contributed by atoms with Gasteiger partial charge in [0.1, 0.15) is 0 Å². The molecule has 0 unspecified atom stereocenters. The molecule has 0 saturated carbocycles. The third-order valence-corrected chi connectivity index (χ3v) is 3.26. The number of piperazine rings is 1. The molecule has 94 valence electrons. The highest BCUT2D eigenvalue weighted by molar-refractivity contribution is 5.63. The highest BCUT2D eigenvalue weighted by Crippen LogP contribution is 2.21. The lowest BCUT2D eigenvalue weighted by Crippen LogP contribution is -2.47. The van der Waals surface area contributed by atoms with E-state index in [4.69, 9.17) is 5.73 Å². The van der Waals surface area contributed by atoms with Crippen LogP contribution >= 0.6 is 0 Å². The smallest absolute Gasteiger partial charge is 0.152 e. The Morgan fingerprint density at radius 2 is 1.94 bits per heavy atom. The number of hydrogen-bond donors (Lipinski definition) is 1. The minimum Gasteiger partial charge on any atom is -0.396 e. The Hall–Kier alpha value is -1.29. The van der Waals surface area contributed by atoms with Gasteiger partial charge in [-0.3, -0.25) is 4.90 Å². The zero-order valence-electron chi connectivity index (χ0n) is 10.8. The van der Waals surface area contributed by atoms with Crippen molar-refractivity contribution in [3.63, 3.8) is 0 Å². The summed E-state index contributed by atoms with van der Waals surface area (Å²) in [6.45, 7) is 9.72. The maximum Gasteiger partial charge on any atom is 0.152 e. The molecule has 2 N–H and O–H groups in total. The maximum absolute atomic E-state index is 6.00. The van der Waals surface area contributed by atoms with Gasteiger partial charge < -0.3 is 10.6 Å². The van der Waals surface area contributed by atoms with Crippen LogP contribution in [0.3, 0.4) is 0 Å². The molecule has 0 bridgehead atoms. The molecule has 17 heavy (non-hydrogen) atoms. The summed E-state index contributed by atoms with van der Waals surface area (Å²) in [5.41, 5.74) is 7.82. The molecule has 1 saturated heterocycles. The van der Waals surface area contributed by atoms with Crippen molar-refractivity contribution in [2.75, 3.05) is 43.4 Å². The number of rotatable bonds is 3. The van der Waals surface area contributed by atoms with E-state index in [0.29, 0.717) is 0 Å². The van der Waals surface area contributed by atoms with Gasteiger partial charge in [-0.1, -0.05) is 6.92 Å². The van der Waals surface area contributed by atoms with E-state index in [1.165, 1.54) is 13.0 Å². The van der Waals surface area contributed by atoms with Crippen LogP contribution in [0, 0.1) is 6.92 Å². The Morgan fingerprint density at radius 3 is 2.59 bits per heavy atom. The van der Waals surface area contributed by atoms with Gasteiger partial charge in [0.25, 0.3) is 0 Å². The zero-order chi connectivity index (χ0) is 12.3. The van der Waals surface area contributed by atoms with Crippen molar-refractivity contribution in [3.05, 3.63) is 17.8 Å². The van der Waals surface area contributed by atoms with Crippen LogP contribution in [0.25, 0.3) is 0 Å². The number of anilines is 2. The molecule has 4 heteroatoms. The van der Waals surface area contributed by atoms with Crippen molar-refractivity contribution in [1.82, 2.24) is 9.88 Å². The molecule has 2 rings (SSSR count). The molecule has 1 aromatic rings. The molecule has 1 fully saturated rings. The van der Waals surface area contributed by atoms with Crippen molar-refractivity contribution in [2.24, 2.45) is 0 Å². The van der Waals surface area contributed by atoms with Gasteiger partial charge >= 0.3 is 0 Å². The van der Waals surface area contributed by atoms with Gasteiger partial charge in [0.15, 0.2) is 5.82 Å². The largest absolute Gasteiger partial charge is 0.396 e. The highest BCUT2D eigenvalue weighted by Gasteiger charge is 2.18. The molecule has 4 nitrogen and oxygen atoms in total. The Bertz CT molecular complexity index is 370. The van der Waals surface area contributed by atoms with Gasteiger partial charge in [-0.15, -0.1) is 0 Å². The number of nitrogen functional groups attached to an aromatic ring is 1. The van der Waals surface area contributed by atoms with Crippen LogP contribution in [-0.4, -0.2) is 42.6 Å². The lowest BCUT2D eigenvalue weighted by atomic mass is 10.2. The Morgan fingerprint density at radius 1 is 1.24 bits per heavy atom. The average Bonchev–Trinajstić information content (AvgIpc) is 2.34. The van der Waals surface area contributed by atoms with Crippen LogP contribution in [0.5, 0.6) is 0 Å². The van der Waals surface area contributed by atoms with Crippen LogP contribution in [0.4, 0.5) is 11.5 Å². The van der Waals surface area contributed by atoms with E-state index < -0.39 is 0 Å². The maximum atomic E-state index is 6.00. The number of pyridine rings is 1. The Balaban J connectivity index is 2.02. The quantitative estimate of drug-likeness (QED) is 0.861. The monoisotopic (exact) mass is 234 g/mol. The number of aryl methyl sites for hydroxylation is 1. The summed E-state index contributed by atoms with van der Waals surface area (Å²) >= 11 is 0. The number of hydrogen-bond acceptors (Lipinski definition) is 4. The first-order valence-electron chi connectivity index (χ1n) is 6.41. The second-order valence-electron chi connectivity index (χ2n) is 4.69. The SMILES string of the molecule is CCCN1CCN(c2nc(C)ccc2N)CC1. The van der Waals surface area contributed by atoms with Crippen molar-refractivity contribution in [2.45, 2.75) is 20.3 Å². The van der Waals surface area contributed by atoms with Gasteiger partial charge in [0.2, 0.25) is 0 Å². The molecule has 0 radical (unpaired) electrons. The van der Waals surface area contributed by atoms with Crippen LogP contribution in [0.15, 0.2) is 12.1 Å². The molecule has 0 amide bonds. The first-order chi connectivity index (χ1) is 8.20. The van der Waals surface area contributed by atoms with E-state index in [9.17, 15) is 0 Å². The second-order valence-corrected chi connectivity index (χ2v) is 4.69. The van der Waals surface area contributed by atoms with Crippen LogP contribution in [-0.2, 0) is 0 Å². The minimum atomic E-state index is 0.791. The van der Waals surface area contributed by atoms with Crippen molar-refractivity contribution in [3.8, 4) is 0 Å². The zero-order valence-corrected chi connectivity index (χ0v) is 10.8. The van der Waals surface area contributed by atoms with E-state index in [-0.39, 0.29) is 0 Å². The van der Waals surface area contributed by atoms with Gasteiger partial charge in [0.05, 0.1) is 5.69 Å². The van der Waals surface area contributed by atoms with E-state index in [0.717, 1.165) is 43.4 Å². The number of nitrogens with zero attached hydrogens (tertiary/aromatic N) is 3. The van der Waals surface area contributed by atoms with Crippen LogP contribution < -0.4 is 10.6 Å². The number of nitrogens with two attached hydrogens (primary N) is 1. The second kappa shape index (κ2) is 5.36. The summed E-state index contributed by atoms with van der Waals surface area (Å²) in [6, 6.07) is 3.92. The molecule has 1 aromatic heterocycles. The van der Waals surface area contributed by atoms with E-state index in [1.54, 1.807) is 0 Å². The van der Waals surface area contributed by atoms with Gasteiger partial charge in [-0.25, -0.2) is 4.98 Å². The summed E-state index contributed by atoms with van der Waals surface area (Å²) in [5.74, 6) is 0.959. The topological polar surface area (TPSA) is 45.4 Å². The summed E-state index contributed by atoms with van der Waals surface area (Å²) in [4.78, 5) is 9.35. The Labute approximate surface area is 103 Å². The lowest BCUT2D eigenvalue weighted by molar-refractivity contribution is 0.258. The first-order valence-corrected chi connectivity index (χ1v) is 6.41. The van der Waals surface area contributed by atoms with E-state index >= 15 is 0 Å². The molecular weight excluding hydrogens is 212 g/mol. The Kier molecular flexibility index (Phi) is 3.84. The van der Waals surface area contributed by atoms with Crippen LogP contribution in [0.1, 0.15) is 19.0 Å². The third-order valence-electron chi connectivity index (χ3n) is 3.26. The first kappa shape index (κ1) is 12.2. The molecule has 1 aliphatic rings. The van der Waals surface area contributed by atoms with Crippen molar-refractivity contribution < 1.29 is 0 Å². The molecule has 0 atom stereocenters. The van der Waals surface area contributed by atoms with Gasteiger partial charge in [-0.05, 0) is 32.0 Å². The molecule has 2 heterocycles. The summed E-state index contributed by atoms with van der Waals surface area (Å²) in [7, 11) is 0. The predicted molar refractivity (Wildman–Crippen MR) is 72.3 cm³/mol. The fraction of sp³-hybridized carbons (Fsp3) is 0.615. The molecule has 0 aliphatic carbocycles. The minimum absolute atomic E-state index is 0.791. The average molecular weight is 234 g/mol. The summed E-state index contributed by atoms with van der Waals surface area (Å²) < 4.78 is 0. The van der Waals surface area contributed by atoms with Crippen molar-refractivity contribution >= 4 is 11.5 Å². The lowest BCUT2D eigenvalue weighted by Gasteiger charge is -2.35. The van der Waals surface area contributed by atoms with Crippen molar-refractivity contribution in [1.29, 1.82) is 0 Å². The van der Waals surface area contributed by atoms with Crippen LogP contribution in [0.2, 0.25) is 0 Å². The predicted octanol–water partition coefficient (Wildman–Crippen LogP) is 1.50. The van der Waals surface area contributed by atoms with Gasteiger partial charge in [0, 0.05) is 31.9 Å². The standard InChI is InChI=1S/C13H22N4/c1-3-6-16-7-9-17(10-8-16)13-12(14)5-4-11(2)15-13/h4-5H,3,6-10,14H2,1-2H3. The molecule has 0 spiro atoms. The number of aromatic nitrogens is 1. The van der Waals surface area contributed by atoms with E-state index in [2.05, 4.69) is 21.7 Å². The highest BCUT2D eigenvalue weighted by atomic mass is 15.3. The molecular formula is C13H22N4. The van der Waals surface area contributed by atoms with E-state index in [1.807, 2.05) is 19.1 Å². The molecule has 1 aliphatic heterocycles. The van der Waals surface area contributed by atoms with Gasteiger partial charge in [-0.2, -0.15) is 0 Å². The fourth-order valence-corrected chi connectivity index (χ4v) is 2.31.